The van der Waals surface area contributed by atoms with E-state index in [1.165, 1.54) is 18.5 Å². The fraction of sp³-hybridized carbons (Fsp3) is 0.478. The summed E-state index contributed by atoms with van der Waals surface area (Å²) in [5, 5.41) is 13.7. The molecule has 2 unspecified atom stereocenters. The third kappa shape index (κ3) is 4.54. The average molecular weight is 492 g/mol. The Morgan fingerprint density at radius 2 is 2.00 bits per heavy atom. The first-order valence-corrected chi connectivity index (χ1v) is 11.3. The summed E-state index contributed by atoms with van der Waals surface area (Å²) in [6.07, 6.45) is 1.64. The molecule has 0 saturated carbocycles. The number of fused-ring (bicyclic) bond motifs is 3. The number of alkyl halides is 4. The molecule has 3 aromatic rings. The summed E-state index contributed by atoms with van der Waals surface area (Å²) in [4.78, 5) is 26.9. The fourth-order valence-corrected chi connectivity index (χ4v) is 5.07. The molecule has 0 aliphatic carbocycles. The van der Waals surface area contributed by atoms with Crippen molar-refractivity contribution in [1.82, 2.24) is 24.8 Å². The Labute approximate surface area is 197 Å². The van der Waals surface area contributed by atoms with Crippen molar-refractivity contribution in [1.29, 1.82) is 0 Å². The van der Waals surface area contributed by atoms with Crippen molar-refractivity contribution in [3.8, 4) is 17.0 Å². The van der Waals surface area contributed by atoms with Crippen LogP contribution in [0.15, 0.2) is 35.6 Å². The van der Waals surface area contributed by atoms with Gasteiger partial charge in [0.25, 0.3) is 5.56 Å². The molecule has 0 radical (unpaired) electrons. The molecule has 2 aromatic heterocycles. The maximum absolute atomic E-state index is 15.1. The predicted molar refractivity (Wildman–Crippen MR) is 121 cm³/mol. The first kappa shape index (κ1) is 23.5. The van der Waals surface area contributed by atoms with E-state index < -0.39 is 24.5 Å². The molecule has 1 aromatic carbocycles. The van der Waals surface area contributed by atoms with Crippen LogP contribution in [0.25, 0.3) is 22.2 Å². The first-order valence-electron chi connectivity index (χ1n) is 11.3. The van der Waals surface area contributed by atoms with Gasteiger partial charge < -0.3 is 15.3 Å². The second-order valence-corrected chi connectivity index (χ2v) is 9.20. The van der Waals surface area contributed by atoms with Crippen molar-refractivity contribution in [2.75, 3.05) is 11.9 Å². The number of aromatic hydroxyl groups is 1. The minimum atomic E-state index is -4.58. The molecule has 2 aliphatic rings. The maximum Gasteiger partial charge on any atom is 0.406 e. The van der Waals surface area contributed by atoms with Crippen molar-refractivity contribution in [2.24, 2.45) is 0 Å². The quantitative estimate of drug-likeness (QED) is 0.540. The molecule has 2 bridgehead atoms. The van der Waals surface area contributed by atoms with Gasteiger partial charge in [-0.05, 0) is 31.4 Å². The molecule has 4 heterocycles. The number of benzene rings is 1. The van der Waals surface area contributed by atoms with E-state index in [1.807, 2.05) is 0 Å². The lowest BCUT2D eigenvalue weighted by atomic mass is 9.82. The van der Waals surface area contributed by atoms with Crippen molar-refractivity contribution in [3.63, 3.8) is 0 Å². The summed E-state index contributed by atoms with van der Waals surface area (Å²) in [6.45, 7) is -1.48. The SMILES string of the molecule is CN(c1cnc(-c2cc3ncn(CC(F)(F)F)c(=O)c3cc2O)cn1)[C@H]1CC2CCCC(N2)[C@H]1F. The Bertz CT molecular complexity index is 1300. The van der Waals surface area contributed by atoms with Crippen LogP contribution in [0.2, 0.25) is 0 Å². The highest BCUT2D eigenvalue weighted by Crippen LogP contribution is 2.34. The summed E-state index contributed by atoms with van der Waals surface area (Å²) < 4.78 is 53.6. The Balaban J connectivity index is 1.41. The topological polar surface area (TPSA) is 96.2 Å². The minimum absolute atomic E-state index is 0.116. The molecule has 2 aliphatic heterocycles. The van der Waals surface area contributed by atoms with Crippen LogP contribution in [0.3, 0.4) is 0 Å². The molecule has 5 rings (SSSR count). The second-order valence-electron chi connectivity index (χ2n) is 9.20. The average Bonchev–Trinajstić information content (AvgIpc) is 2.82. The van der Waals surface area contributed by atoms with Gasteiger partial charge in [0.15, 0.2) is 0 Å². The molecule has 4 atom stereocenters. The van der Waals surface area contributed by atoms with E-state index in [2.05, 4.69) is 20.3 Å². The lowest BCUT2D eigenvalue weighted by Gasteiger charge is -2.46. The van der Waals surface area contributed by atoms with Gasteiger partial charge in [0.05, 0.1) is 41.4 Å². The van der Waals surface area contributed by atoms with E-state index in [4.69, 9.17) is 0 Å². The zero-order chi connectivity index (χ0) is 24.9. The Morgan fingerprint density at radius 1 is 1.20 bits per heavy atom. The van der Waals surface area contributed by atoms with Crippen LogP contribution in [0.4, 0.5) is 23.4 Å². The number of anilines is 1. The van der Waals surface area contributed by atoms with Crippen LogP contribution in [0.1, 0.15) is 25.7 Å². The van der Waals surface area contributed by atoms with Crippen LogP contribution >= 0.6 is 0 Å². The van der Waals surface area contributed by atoms with Gasteiger partial charge in [-0.1, -0.05) is 6.42 Å². The molecule has 2 fully saturated rings. The number of aromatic nitrogens is 4. The number of nitrogens with zero attached hydrogens (tertiary/aromatic N) is 5. The lowest BCUT2D eigenvalue weighted by Crippen LogP contribution is -2.61. The van der Waals surface area contributed by atoms with E-state index in [0.29, 0.717) is 16.8 Å². The fourth-order valence-electron chi connectivity index (χ4n) is 5.07. The molecule has 186 valence electrons. The normalized spacial score (nSPS) is 24.5. The van der Waals surface area contributed by atoms with Crippen LogP contribution in [-0.2, 0) is 6.54 Å². The highest BCUT2D eigenvalue weighted by atomic mass is 19.4. The Morgan fingerprint density at radius 3 is 2.71 bits per heavy atom. The van der Waals surface area contributed by atoms with Gasteiger partial charge in [-0.3, -0.25) is 14.3 Å². The monoisotopic (exact) mass is 492 g/mol. The van der Waals surface area contributed by atoms with Crippen LogP contribution in [0.5, 0.6) is 5.75 Å². The molecule has 0 spiro atoms. The number of phenols is 1. The van der Waals surface area contributed by atoms with E-state index in [0.717, 1.165) is 31.7 Å². The molecule has 12 heteroatoms. The molecule has 2 N–H and O–H groups in total. The highest BCUT2D eigenvalue weighted by molar-refractivity contribution is 5.86. The van der Waals surface area contributed by atoms with Gasteiger partial charge in [0.1, 0.15) is 24.3 Å². The molecule has 35 heavy (non-hydrogen) atoms. The third-order valence-electron chi connectivity index (χ3n) is 6.86. The number of hydrogen-bond donors (Lipinski definition) is 2. The van der Waals surface area contributed by atoms with Gasteiger partial charge >= 0.3 is 6.18 Å². The van der Waals surface area contributed by atoms with E-state index >= 15 is 4.39 Å². The molecular weight excluding hydrogens is 468 g/mol. The third-order valence-corrected chi connectivity index (χ3v) is 6.86. The highest BCUT2D eigenvalue weighted by Gasteiger charge is 2.42. The predicted octanol–water partition coefficient (Wildman–Crippen LogP) is 3.18. The number of halogens is 4. The number of rotatable bonds is 4. The number of phenolic OH excluding ortho intramolecular Hbond substituents is 1. The zero-order valence-corrected chi connectivity index (χ0v) is 18.8. The smallest absolute Gasteiger partial charge is 0.406 e. The van der Waals surface area contributed by atoms with Crippen LogP contribution in [0, 0.1) is 0 Å². The summed E-state index contributed by atoms with van der Waals surface area (Å²) in [5.74, 6) is 0.140. The lowest BCUT2D eigenvalue weighted by molar-refractivity contribution is -0.141. The standard InChI is InChI=1S/C23H24F4N6O2/c1-32(18-5-12-3-2-4-15(31-12)21(18)24)20-9-28-17(8-29-20)13-6-16-14(7-19(13)34)22(35)33(11-30-16)10-23(25,26)27/h6-9,11-12,15,18,21,31,34H,2-5,10H2,1H3/t12?,15?,18-,21+/m0/s1. The largest absolute Gasteiger partial charge is 0.507 e. The van der Waals surface area contributed by atoms with E-state index in [9.17, 15) is 23.1 Å². The second kappa shape index (κ2) is 8.74. The number of nitrogens with one attached hydrogen (secondary N) is 1. The first-order chi connectivity index (χ1) is 16.6. The summed E-state index contributed by atoms with van der Waals surface area (Å²) >= 11 is 0. The Kier molecular flexibility index (Phi) is 5.86. The molecule has 8 nitrogen and oxygen atoms in total. The van der Waals surface area contributed by atoms with E-state index in [1.54, 1.807) is 11.9 Å². The van der Waals surface area contributed by atoms with Crippen LogP contribution < -0.4 is 15.8 Å². The van der Waals surface area contributed by atoms with Crippen molar-refractivity contribution >= 4 is 16.7 Å². The summed E-state index contributed by atoms with van der Waals surface area (Å²) in [6, 6.07) is 2.25. The Hall–Kier alpha value is -3.28. The number of piperidine rings is 2. The molecule has 0 amide bonds. The van der Waals surface area contributed by atoms with Crippen molar-refractivity contribution in [2.45, 2.75) is 62.7 Å². The van der Waals surface area contributed by atoms with Crippen molar-refractivity contribution in [3.05, 3.63) is 41.2 Å². The van der Waals surface area contributed by atoms with Gasteiger partial charge in [-0.25, -0.2) is 14.4 Å². The zero-order valence-electron chi connectivity index (χ0n) is 18.8. The van der Waals surface area contributed by atoms with Crippen LogP contribution in [-0.4, -0.2) is 62.1 Å². The molecular formula is C23H24F4N6O2. The van der Waals surface area contributed by atoms with E-state index in [-0.39, 0.29) is 46.0 Å². The van der Waals surface area contributed by atoms with Gasteiger partial charge in [-0.2, -0.15) is 13.2 Å². The number of hydrogen-bond acceptors (Lipinski definition) is 7. The molecule has 2 saturated heterocycles. The van der Waals surface area contributed by atoms with Gasteiger partial charge in [0.2, 0.25) is 0 Å². The summed E-state index contributed by atoms with van der Waals surface area (Å²) in [5.41, 5.74) is -0.295. The maximum atomic E-state index is 15.1. The van der Waals surface area contributed by atoms with Gasteiger partial charge in [0, 0.05) is 24.7 Å². The summed E-state index contributed by atoms with van der Waals surface area (Å²) in [7, 11) is 1.78. The van der Waals surface area contributed by atoms with Gasteiger partial charge in [-0.15, -0.1) is 0 Å². The van der Waals surface area contributed by atoms with Crippen molar-refractivity contribution < 1.29 is 22.7 Å². The minimum Gasteiger partial charge on any atom is -0.507 e.